The first-order valence-corrected chi connectivity index (χ1v) is 9.87. The number of hydrogen-bond acceptors (Lipinski definition) is 6. The second kappa shape index (κ2) is 10.0. The molecule has 2 aromatic carbocycles. The molecule has 8 nitrogen and oxygen atoms in total. The van der Waals surface area contributed by atoms with E-state index in [1.807, 2.05) is 54.6 Å². The Morgan fingerprint density at radius 3 is 2.75 bits per heavy atom. The van der Waals surface area contributed by atoms with Crippen LogP contribution in [0.15, 0.2) is 84.2 Å². The number of nitrogens with one attached hydrogen (secondary N) is 2. The van der Waals surface area contributed by atoms with Crippen LogP contribution in [0, 0.1) is 0 Å². The normalized spacial score (nSPS) is 10.8. The quantitative estimate of drug-likeness (QED) is 0.329. The van der Waals surface area contributed by atoms with Gasteiger partial charge in [-0.2, -0.15) is 10.2 Å². The summed E-state index contributed by atoms with van der Waals surface area (Å²) in [5, 5.41) is 10.9. The van der Waals surface area contributed by atoms with Crippen LogP contribution >= 0.6 is 0 Å². The number of benzene rings is 2. The summed E-state index contributed by atoms with van der Waals surface area (Å²) >= 11 is 0. The molecule has 0 aliphatic carbocycles. The van der Waals surface area contributed by atoms with E-state index in [1.165, 1.54) is 6.21 Å². The second-order valence-corrected chi connectivity index (χ2v) is 6.79. The van der Waals surface area contributed by atoms with Crippen molar-refractivity contribution in [2.45, 2.75) is 6.61 Å². The van der Waals surface area contributed by atoms with E-state index in [1.54, 1.807) is 31.6 Å². The maximum absolute atomic E-state index is 12.3. The van der Waals surface area contributed by atoms with Crippen LogP contribution in [0.4, 0.5) is 0 Å². The number of aromatic nitrogens is 3. The third kappa shape index (κ3) is 5.17. The molecular weight excluding hydrogens is 406 g/mol. The fourth-order valence-corrected chi connectivity index (χ4v) is 2.95. The zero-order valence-corrected chi connectivity index (χ0v) is 17.4. The molecule has 0 bridgehead atoms. The van der Waals surface area contributed by atoms with E-state index >= 15 is 0 Å². The summed E-state index contributed by atoms with van der Waals surface area (Å²) in [5.74, 6) is 0.797. The molecule has 0 saturated heterocycles. The van der Waals surface area contributed by atoms with Crippen molar-refractivity contribution in [2.75, 3.05) is 7.11 Å². The highest BCUT2D eigenvalue weighted by Crippen LogP contribution is 2.32. The van der Waals surface area contributed by atoms with Gasteiger partial charge in [0.2, 0.25) is 0 Å². The van der Waals surface area contributed by atoms with Crippen molar-refractivity contribution in [2.24, 2.45) is 5.10 Å². The minimum absolute atomic E-state index is 0.284. The second-order valence-electron chi connectivity index (χ2n) is 6.79. The summed E-state index contributed by atoms with van der Waals surface area (Å²) in [6.45, 7) is 0.433. The molecule has 2 aromatic heterocycles. The molecule has 0 atom stereocenters. The molecule has 1 amide bonds. The lowest BCUT2D eigenvalue weighted by Crippen LogP contribution is -2.18. The van der Waals surface area contributed by atoms with Gasteiger partial charge in [-0.1, -0.05) is 36.4 Å². The number of hydrogen-bond donors (Lipinski definition) is 2. The molecule has 0 saturated carbocycles. The number of ether oxygens (including phenoxy) is 2. The van der Waals surface area contributed by atoms with Crippen molar-refractivity contribution in [3.63, 3.8) is 0 Å². The average Bonchev–Trinajstić information content (AvgIpc) is 3.34. The van der Waals surface area contributed by atoms with Crippen LogP contribution < -0.4 is 14.9 Å². The van der Waals surface area contributed by atoms with E-state index < -0.39 is 5.91 Å². The first-order valence-electron chi connectivity index (χ1n) is 9.87. The van der Waals surface area contributed by atoms with Gasteiger partial charge in [0, 0.05) is 23.5 Å². The molecule has 0 spiro atoms. The minimum Gasteiger partial charge on any atom is -0.493 e. The van der Waals surface area contributed by atoms with Gasteiger partial charge < -0.3 is 9.47 Å². The van der Waals surface area contributed by atoms with Crippen LogP contribution in [0.2, 0.25) is 0 Å². The molecule has 2 N–H and O–H groups in total. The summed E-state index contributed by atoms with van der Waals surface area (Å²) in [5.41, 5.74) is 5.96. The highest BCUT2D eigenvalue weighted by Gasteiger charge is 2.13. The lowest BCUT2D eigenvalue weighted by atomic mass is 10.1. The Kier molecular flexibility index (Phi) is 6.52. The van der Waals surface area contributed by atoms with E-state index in [2.05, 4.69) is 25.7 Å². The molecule has 4 rings (SSSR count). The average molecular weight is 427 g/mol. The number of nitrogens with zero attached hydrogens (tertiary/aromatic N) is 3. The minimum atomic E-state index is -0.404. The van der Waals surface area contributed by atoms with Gasteiger partial charge in [0.25, 0.3) is 5.91 Å². The van der Waals surface area contributed by atoms with Crippen LogP contribution in [0.25, 0.3) is 11.3 Å². The van der Waals surface area contributed by atoms with Crippen molar-refractivity contribution < 1.29 is 14.3 Å². The summed E-state index contributed by atoms with van der Waals surface area (Å²) < 4.78 is 11.4. The van der Waals surface area contributed by atoms with E-state index in [-0.39, 0.29) is 5.69 Å². The summed E-state index contributed by atoms with van der Waals surface area (Å²) in [4.78, 5) is 16.3. The van der Waals surface area contributed by atoms with Crippen molar-refractivity contribution in [3.05, 3.63) is 95.9 Å². The van der Waals surface area contributed by atoms with Gasteiger partial charge in [0.1, 0.15) is 12.3 Å². The first kappa shape index (κ1) is 20.8. The monoisotopic (exact) mass is 427 g/mol. The number of hydrazone groups is 1. The molecule has 0 unspecified atom stereocenters. The lowest BCUT2D eigenvalue weighted by molar-refractivity contribution is 0.0950. The molecule has 8 heteroatoms. The standard InChI is InChI=1S/C24H21N5O3/c1-31-23-12-19(9-10-22(23)32-16-17-6-3-2-4-7-17)20-13-21(28-27-20)24(30)29-26-15-18-8-5-11-25-14-18/h2-15H,16H2,1H3,(H,27,28)(H,29,30)/b26-15+. The number of carbonyl (C=O) groups excluding carboxylic acids is 1. The Hall–Kier alpha value is -4.46. The predicted molar refractivity (Wildman–Crippen MR) is 121 cm³/mol. The molecule has 0 aliphatic heterocycles. The van der Waals surface area contributed by atoms with Crippen molar-refractivity contribution in [3.8, 4) is 22.8 Å². The molecule has 0 aliphatic rings. The smallest absolute Gasteiger partial charge is 0.289 e. The highest BCUT2D eigenvalue weighted by molar-refractivity contribution is 5.94. The highest BCUT2D eigenvalue weighted by atomic mass is 16.5. The van der Waals surface area contributed by atoms with Crippen molar-refractivity contribution in [1.82, 2.24) is 20.6 Å². The predicted octanol–water partition coefficient (Wildman–Crippen LogP) is 3.82. The Morgan fingerprint density at radius 2 is 1.97 bits per heavy atom. The summed E-state index contributed by atoms with van der Waals surface area (Å²) in [6.07, 6.45) is 4.82. The zero-order valence-electron chi connectivity index (χ0n) is 17.4. The molecule has 4 aromatic rings. The van der Waals surface area contributed by atoms with Gasteiger partial charge in [0.15, 0.2) is 11.5 Å². The molecule has 160 valence electrons. The van der Waals surface area contributed by atoms with Gasteiger partial charge in [-0.3, -0.25) is 14.9 Å². The molecule has 2 heterocycles. The molecule has 0 radical (unpaired) electrons. The van der Waals surface area contributed by atoms with Gasteiger partial charge in [-0.05, 0) is 35.9 Å². The van der Waals surface area contributed by atoms with Crippen molar-refractivity contribution >= 4 is 12.1 Å². The van der Waals surface area contributed by atoms with Crippen LogP contribution in [0.3, 0.4) is 0 Å². The first-order chi connectivity index (χ1) is 15.7. The van der Waals surface area contributed by atoms with Crippen LogP contribution in [0.5, 0.6) is 11.5 Å². The SMILES string of the molecule is COc1cc(-c2cc(C(=O)N/N=C/c3cccnc3)[nH]n2)ccc1OCc1ccccc1. The number of amides is 1. The number of aromatic amines is 1. The fourth-order valence-electron chi connectivity index (χ4n) is 2.95. The Bertz CT molecular complexity index is 1210. The Balaban J connectivity index is 1.42. The molecule has 32 heavy (non-hydrogen) atoms. The van der Waals surface area contributed by atoms with Gasteiger partial charge >= 0.3 is 0 Å². The van der Waals surface area contributed by atoms with E-state index in [4.69, 9.17) is 9.47 Å². The summed E-state index contributed by atoms with van der Waals surface area (Å²) in [6, 6.07) is 20.7. The Morgan fingerprint density at radius 1 is 1.09 bits per heavy atom. The van der Waals surface area contributed by atoms with Gasteiger partial charge in [0.05, 0.1) is 19.0 Å². The maximum Gasteiger partial charge on any atom is 0.289 e. The third-order valence-corrected chi connectivity index (χ3v) is 4.58. The van der Waals surface area contributed by atoms with E-state index in [0.717, 1.165) is 16.7 Å². The van der Waals surface area contributed by atoms with E-state index in [9.17, 15) is 4.79 Å². The fraction of sp³-hybridized carbons (Fsp3) is 0.0833. The molecular formula is C24H21N5O3. The Labute approximate surface area is 184 Å². The lowest BCUT2D eigenvalue weighted by Gasteiger charge is -2.11. The van der Waals surface area contributed by atoms with Gasteiger partial charge in [-0.25, -0.2) is 5.43 Å². The van der Waals surface area contributed by atoms with Crippen molar-refractivity contribution in [1.29, 1.82) is 0 Å². The number of H-pyrrole nitrogens is 1. The van der Waals surface area contributed by atoms with Gasteiger partial charge in [-0.15, -0.1) is 0 Å². The largest absolute Gasteiger partial charge is 0.493 e. The number of rotatable bonds is 8. The van der Waals surface area contributed by atoms with E-state index in [0.29, 0.717) is 23.8 Å². The van der Waals surface area contributed by atoms with Crippen LogP contribution in [-0.4, -0.2) is 34.4 Å². The van der Waals surface area contributed by atoms with Crippen LogP contribution in [0.1, 0.15) is 21.6 Å². The molecule has 0 fully saturated rings. The number of carbonyl (C=O) groups is 1. The third-order valence-electron chi connectivity index (χ3n) is 4.58. The number of pyridine rings is 1. The number of methoxy groups -OCH3 is 1. The maximum atomic E-state index is 12.3. The zero-order chi connectivity index (χ0) is 22.2. The summed E-state index contributed by atoms with van der Waals surface area (Å²) in [7, 11) is 1.58. The topological polar surface area (TPSA) is 101 Å². The van der Waals surface area contributed by atoms with Crippen LogP contribution in [-0.2, 0) is 6.61 Å².